The van der Waals surface area contributed by atoms with Crippen molar-refractivity contribution < 1.29 is 4.52 Å². The smallest absolute Gasteiger partial charge is 0.227 e. The third-order valence-electron chi connectivity index (χ3n) is 5.53. The predicted molar refractivity (Wildman–Crippen MR) is 136 cm³/mol. The minimum Gasteiger partial charge on any atom is -0.339 e. The molecule has 170 valence electrons. The molecule has 0 amide bonds. The molecule has 0 radical (unpaired) electrons. The molecule has 0 unspecified atom stereocenters. The van der Waals surface area contributed by atoms with Gasteiger partial charge in [0.1, 0.15) is 5.69 Å². The molecule has 2 heterocycles. The number of benzene rings is 3. The van der Waals surface area contributed by atoms with Crippen molar-refractivity contribution in [2.45, 2.75) is 19.8 Å². The fourth-order valence-electron chi connectivity index (χ4n) is 3.83. The summed E-state index contributed by atoms with van der Waals surface area (Å²) in [6.07, 6.45) is 1.45. The van der Waals surface area contributed by atoms with Gasteiger partial charge < -0.3 is 4.52 Å². The first-order chi connectivity index (χ1) is 16.5. The van der Waals surface area contributed by atoms with Gasteiger partial charge in [-0.3, -0.25) is 0 Å². The molecule has 5 aromatic rings. The van der Waals surface area contributed by atoms with Crippen molar-refractivity contribution in [3.05, 3.63) is 105 Å². The summed E-state index contributed by atoms with van der Waals surface area (Å²) in [6.45, 7) is 1.98. The lowest BCUT2D eigenvalue weighted by molar-refractivity contribution is 0.378. The van der Waals surface area contributed by atoms with E-state index >= 15 is 0 Å². The van der Waals surface area contributed by atoms with Gasteiger partial charge in [-0.25, -0.2) is 4.68 Å². The van der Waals surface area contributed by atoms with E-state index in [2.05, 4.69) is 22.3 Å². The maximum absolute atomic E-state index is 6.54. The number of aryl methyl sites for hydroxylation is 2. The van der Waals surface area contributed by atoms with Gasteiger partial charge in [0.2, 0.25) is 11.7 Å². The molecule has 0 atom stereocenters. The van der Waals surface area contributed by atoms with Crippen molar-refractivity contribution in [3.63, 3.8) is 0 Å². The molecule has 5 nitrogen and oxygen atoms in total. The topological polar surface area (TPSA) is 56.7 Å². The van der Waals surface area contributed by atoms with Crippen molar-refractivity contribution in [2.24, 2.45) is 0 Å². The fraction of sp³-hybridized carbons (Fsp3) is 0.115. The van der Waals surface area contributed by atoms with Crippen LogP contribution in [0.4, 0.5) is 0 Å². The van der Waals surface area contributed by atoms with Crippen molar-refractivity contribution in [3.8, 4) is 28.5 Å². The number of hydrogen-bond donors (Lipinski definition) is 0. The van der Waals surface area contributed by atoms with E-state index in [9.17, 15) is 0 Å². The molecule has 0 aliphatic rings. The fourth-order valence-corrected chi connectivity index (χ4v) is 4.45. The molecule has 0 N–H and O–H groups in total. The second-order valence-electron chi connectivity index (χ2n) is 7.83. The van der Waals surface area contributed by atoms with Crippen molar-refractivity contribution in [2.75, 3.05) is 0 Å². The van der Waals surface area contributed by atoms with E-state index in [1.54, 1.807) is 16.8 Å². The molecule has 5 rings (SSSR count). The lowest BCUT2D eigenvalue weighted by atomic mass is 10.1. The molecule has 0 saturated carbocycles. The van der Waals surface area contributed by atoms with Gasteiger partial charge in [0.25, 0.3) is 0 Å². The van der Waals surface area contributed by atoms with E-state index in [0.717, 1.165) is 23.2 Å². The van der Waals surface area contributed by atoms with Crippen LogP contribution in [-0.4, -0.2) is 19.9 Å². The lowest BCUT2D eigenvalue weighted by Gasteiger charge is -2.11. The minimum atomic E-state index is 0.430. The maximum atomic E-state index is 6.54. The van der Waals surface area contributed by atoms with E-state index < -0.39 is 0 Å². The van der Waals surface area contributed by atoms with Crippen LogP contribution in [0.5, 0.6) is 0 Å². The Morgan fingerprint density at radius 3 is 2.32 bits per heavy atom. The summed E-state index contributed by atoms with van der Waals surface area (Å²) in [5, 5.41) is 10.7. The molecule has 0 aliphatic heterocycles. The zero-order valence-electron chi connectivity index (χ0n) is 18.2. The Labute approximate surface area is 211 Å². The highest BCUT2D eigenvalue weighted by molar-refractivity contribution is 6.35. The largest absolute Gasteiger partial charge is 0.339 e. The summed E-state index contributed by atoms with van der Waals surface area (Å²) in [5.41, 5.74) is 5.20. The highest BCUT2D eigenvalue weighted by atomic mass is 35.5. The molecule has 0 saturated heterocycles. The molecular weight excluding hydrogens is 491 g/mol. The predicted octanol–water partition coefficient (Wildman–Crippen LogP) is 7.64. The highest BCUT2D eigenvalue weighted by Crippen LogP contribution is 2.35. The zero-order chi connectivity index (χ0) is 23.7. The monoisotopic (exact) mass is 508 g/mol. The van der Waals surface area contributed by atoms with Gasteiger partial charge in [-0.15, -0.1) is 0 Å². The molecule has 34 heavy (non-hydrogen) atoms. The maximum Gasteiger partial charge on any atom is 0.227 e. The van der Waals surface area contributed by atoms with Gasteiger partial charge in [-0.05, 0) is 49.2 Å². The van der Waals surface area contributed by atoms with Crippen LogP contribution in [-0.2, 0) is 12.8 Å². The van der Waals surface area contributed by atoms with Crippen LogP contribution in [0.15, 0.2) is 77.3 Å². The first-order valence-corrected chi connectivity index (χ1v) is 11.8. The Balaban J connectivity index is 1.56. The molecule has 8 heteroatoms. The average molecular weight is 510 g/mol. The van der Waals surface area contributed by atoms with Crippen molar-refractivity contribution in [1.29, 1.82) is 0 Å². The van der Waals surface area contributed by atoms with Gasteiger partial charge in [-0.1, -0.05) is 82.4 Å². The van der Waals surface area contributed by atoms with Gasteiger partial charge in [-0.2, -0.15) is 10.1 Å². The van der Waals surface area contributed by atoms with E-state index in [4.69, 9.17) is 44.4 Å². The Hall–Kier alpha value is -3.12. The zero-order valence-corrected chi connectivity index (χ0v) is 20.4. The Morgan fingerprint density at radius 2 is 1.59 bits per heavy atom. The van der Waals surface area contributed by atoms with E-state index in [0.29, 0.717) is 44.6 Å². The van der Waals surface area contributed by atoms with E-state index in [1.807, 2.05) is 55.5 Å². The van der Waals surface area contributed by atoms with Crippen molar-refractivity contribution in [1.82, 2.24) is 19.9 Å². The first kappa shape index (κ1) is 22.7. The Kier molecular flexibility index (Phi) is 6.42. The third-order valence-corrected chi connectivity index (χ3v) is 6.32. The molecular formula is C26H19Cl3N4O. The summed E-state index contributed by atoms with van der Waals surface area (Å²) in [6, 6.07) is 23.1. The summed E-state index contributed by atoms with van der Waals surface area (Å²) in [7, 11) is 0. The SMILES string of the molecule is Cc1c(-c2noc(CCc3ccccc3)n2)nn(-c2ccc(Cl)cc2Cl)c1-c1ccc(Cl)cc1. The highest BCUT2D eigenvalue weighted by Gasteiger charge is 2.23. The summed E-state index contributed by atoms with van der Waals surface area (Å²) in [5.74, 6) is 0.991. The number of rotatable bonds is 6. The van der Waals surface area contributed by atoms with Gasteiger partial charge in [0.15, 0.2) is 0 Å². The van der Waals surface area contributed by atoms with Crippen LogP contribution in [0, 0.1) is 6.92 Å². The van der Waals surface area contributed by atoms with Gasteiger partial charge >= 0.3 is 0 Å². The van der Waals surface area contributed by atoms with Crippen LogP contribution >= 0.6 is 34.8 Å². The summed E-state index contributed by atoms with van der Waals surface area (Å²) >= 11 is 18.8. The van der Waals surface area contributed by atoms with Crippen molar-refractivity contribution >= 4 is 34.8 Å². The quantitative estimate of drug-likeness (QED) is 0.236. The summed E-state index contributed by atoms with van der Waals surface area (Å²) in [4.78, 5) is 4.62. The average Bonchev–Trinajstić information content (AvgIpc) is 3.43. The molecule has 2 aromatic heterocycles. The number of halogens is 3. The normalized spacial score (nSPS) is 11.2. The molecule has 0 bridgehead atoms. The minimum absolute atomic E-state index is 0.430. The lowest BCUT2D eigenvalue weighted by Crippen LogP contribution is -2.00. The van der Waals surface area contributed by atoms with Crippen LogP contribution < -0.4 is 0 Å². The Morgan fingerprint density at radius 1 is 0.853 bits per heavy atom. The standard InChI is InChI=1S/C26H19Cl3N4O/c1-16-24(26-30-23(34-32-26)14-7-17-5-3-2-4-6-17)31-33(22-13-12-20(28)15-21(22)29)25(16)18-8-10-19(27)11-9-18/h2-6,8-13,15H,7,14H2,1H3. The molecule has 0 fully saturated rings. The van der Waals surface area contributed by atoms with Gasteiger partial charge in [0.05, 0.1) is 16.4 Å². The summed E-state index contributed by atoms with van der Waals surface area (Å²) < 4.78 is 7.32. The third kappa shape index (κ3) is 4.60. The second-order valence-corrected chi connectivity index (χ2v) is 9.11. The molecule has 0 aliphatic carbocycles. The molecule has 3 aromatic carbocycles. The van der Waals surface area contributed by atoms with E-state index in [-0.39, 0.29) is 0 Å². The Bertz CT molecular complexity index is 1440. The number of aromatic nitrogens is 4. The first-order valence-electron chi connectivity index (χ1n) is 10.7. The van der Waals surface area contributed by atoms with Crippen LogP contribution in [0.25, 0.3) is 28.5 Å². The molecule has 0 spiro atoms. The van der Waals surface area contributed by atoms with E-state index in [1.165, 1.54) is 5.56 Å². The number of nitrogens with zero attached hydrogens (tertiary/aromatic N) is 4. The van der Waals surface area contributed by atoms with Crippen LogP contribution in [0.2, 0.25) is 15.1 Å². The number of hydrogen-bond acceptors (Lipinski definition) is 4. The van der Waals surface area contributed by atoms with Gasteiger partial charge in [0, 0.05) is 27.6 Å². The van der Waals surface area contributed by atoms with Crippen LogP contribution in [0.1, 0.15) is 17.0 Å². The second kappa shape index (κ2) is 9.63. The van der Waals surface area contributed by atoms with Crippen LogP contribution in [0.3, 0.4) is 0 Å².